The lowest BCUT2D eigenvalue weighted by atomic mass is 10.00. The lowest BCUT2D eigenvalue weighted by Crippen LogP contribution is -2.08. The molecular weight excluding hydrogens is 444 g/mol. The molecule has 0 N–H and O–H groups in total. The molecule has 0 radical (unpaired) electrons. The maximum absolute atomic E-state index is 12.6. The van der Waals surface area contributed by atoms with Gasteiger partial charge < -0.3 is 9.47 Å². The Labute approximate surface area is 206 Å². The minimum Gasteiger partial charge on any atom is -0.494 e. The van der Waals surface area contributed by atoms with Crippen LogP contribution in [0.4, 0.5) is 0 Å². The van der Waals surface area contributed by atoms with Gasteiger partial charge in [0.2, 0.25) is 0 Å². The van der Waals surface area contributed by atoms with E-state index in [1.165, 1.54) is 7.11 Å². The zero-order valence-corrected chi connectivity index (χ0v) is 20.3. The Morgan fingerprint density at radius 2 is 1.71 bits per heavy atom. The second-order valence-corrected chi connectivity index (χ2v) is 9.81. The van der Waals surface area contributed by atoms with Crippen LogP contribution in [0.25, 0.3) is 0 Å². The van der Waals surface area contributed by atoms with E-state index in [0.717, 1.165) is 50.4 Å². The first-order chi connectivity index (χ1) is 17.0. The number of Topliss-reactive ketones (excluding diaryl/α,β-unsaturated/α-hetero) is 1. The lowest BCUT2D eigenvalue weighted by Gasteiger charge is -2.10. The summed E-state index contributed by atoms with van der Waals surface area (Å²) in [5.41, 5.74) is 2.71. The molecule has 6 nitrogen and oxygen atoms in total. The first kappa shape index (κ1) is 24.8. The third-order valence-electron chi connectivity index (χ3n) is 7.31. The zero-order valence-electron chi connectivity index (χ0n) is 20.3. The maximum Gasteiger partial charge on any atom is 0.338 e. The summed E-state index contributed by atoms with van der Waals surface area (Å²) < 4.78 is 10.6. The Morgan fingerprint density at radius 3 is 2.40 bits per heavy atom. The Balaban J connectivity index is 1.19. The van der Waals surface area contributed by atoms with Gasteiger partial charge in [0, 0.05) is 22.6 Å². The Hall–Kier alpha value is -3.28. The van der Waals surface area contributed by atoms with Gasteiger partial charge in [0.15, 0.2) is 18.4 Å². The van der Waals surface area contributed by atoms with Gasteiger partial charge in [0.1, 0.15) is 5.75 Å². The number of hydrogen-bond acceptors (Lipinski definition) is 6. The van der Waals surface area contributed by atoms with E-state index in [4.69, 9.17) is 9.47 Å². The van der Waals surface area contributed by atoms with Gasteiger partial charge in [-0.1, -0.05) is 25.8 Å². The Morgan fingerprint density at radius 1 is 0.943 bits per heavy atom. The fraction of sp³-hybridized carbons (Fsp3) is 0.448. The van der Waals surface area contributed by atoms with Gasteiger partial charge in [-0.2, -0.15) is 0 Å². The van der Waals surface area contributed by atoms with Crippen molar-refractivity contribution in [1.29, 1.82) is 0 Å². The highest BCUT2D eigenvalue weighted by Crippen LogP contribution is 2.50. The van der Waals surface area contributed by atoms with Crippen LogP contribution in [0.5, 0.6) is 5.75 Å². The van der Waals surface area contributed by atoms with Gasteiger partial charge in [-0.15, -0.1) is 0 Å². The topological polar surface area (TPSA) is 86.7 Å². The van der Waals surface area contributed by atoms with Crippen molar-refractivity contribution in [2.75, 3.05) is 13.7 Å². The van der Waals surface area contributed by atoms with Gasteiger partial charge in [-0.25, -0.2) is 4.79 Å². The van der Waals surface area contributed by atoms with Crippen LogP contribution in [-0.4, -0.2) is 38.0 Å². The van der Waals surface area contributed by atoms with E-state index in [-0.39, 0.29) is 11.7 Å². The third-order valence-corrected chi connectivity index (χ3v) is 7.31. The van der Waals surface area contributed by atoms with Crippen LogP contribution in [0.1, 0.15) is 98.4 Å². The molecule has 0 spiro atoms. The number of aldehydes is 2. The minimum absolute atomic E-state index is 0.0333. The number of methoxy groups -OCH3 is 1. The molecule has 4 unspecified atom stereocenters. The molecule has 184 valence electrons. The molecule has 4 atom stereocenters. The van der Waals surface area contributed by atoms with Crippen LogP contribution in [0, 0.1) is 17.8 Å². The summed E-state index contributed by atoms with van der Waals surface area (Å²) >= 11 is 0. The van der Waals surface area contributed by atoms with Gasteiger partial charge in [0.25, 0.3) is 0 Å². The second-order valence-electron chi connectivity index (χ2n) is 9.81. The molecule has 0 heterocycles. The van der Waals surface area contributed by atoms with Crippen molar-refractivity contribution in [3.05, 3.63) is 64.2 Å². The molecule has 2 aliphatic carbocycles. The number of carbonyl (C=O) groups is 4. The average Bonchev–Trinajstić information content (AvgIpc) is 3.81. The second kappa shape index (κ2) is 11.0. The highest BCUT2D eigenvalue weighted by atomic mass is 16.5. The monoisotopic (exact) mass is 476 g/mol. The van der Waals surface area contributed by atoms with Gasteiger partial charge in [-0.3, -0.25) is 14.4 Å². The summed E-state index contributed by atoms with van der Waals surface area (Å²) in [6.07, 6.45) is 7.62. The van der Waals surface area contributed by atoms with Crippen molar-refractivity contribution in [1.82, 2.24) is 0 Å². The standard InChI is InChI=1S/C29H32O6/c1-18-12-25(18)28(32)27-15-23(9-7-21(27)16-30)35-11-5-3-4-6-19-14-26(19)20-8-10-24(29(33)34-2)22(13-20)17-31/h7-10,13,15-19,25-26H,3-6,11-12,14H2,1-2H3. The van der Waals surface area contributed by atoms with Gasteiger partial charge in [0.05, 0.1) is 19.3 Å². The summed E-state index contributed by atoms with van der Waals surface area (Å²) in [6, 6.07) is 10.6. The fourth-order valence-electron chi connectivity index (χ4n) is 4.88. The van der Waals surface area contributed by atoms with Crippen LogP contribution >= 0.6 is 0 Å². The molecule has 0 saturated heterocycles. The maximum atomic E-state index is 12.6. The quantitative estimate of drug-likeness (QED) is 0.160. The summed E-state index contributed by atoms with van der Waals surface area (Å²) in [6.45, 7) is 2.62. The Kier molecular flexibility index (Phi) is 7.79. The Bertz CT molecular complexity index is 1120. The largest absolute Gasteiger partial charge is 0.494 e. The summed E-state index contributed by atoms with van der Waals surface area (Å²) in [5, 5.41) is 0. The highest BCUT2D eigenvalue weighted by Gasteiger charge is 2.40. The van der Waals surface area contributed by atoms with Gasteiger partial charge in [-0.05, 0) is 79.3 Å². The van der Waals surface area contributed by atoms with E-state index in [9.17, 15) is 19.2 Å². The highest BCUT2D eigenvalue weighted by molar-refractivity contribution is 6.05. The van der Waals surface area contributed by atoms with E-state index in [1.807, 2.05) is 12.1 Å². The van der Waals surface area contributed by atoms with Crippen molar-refractivity contribution in [2.45, 2.75) is 51.4 Å². The summed E-state index contributed by atoms with van der Waals surface area (Å²) in [7, 11) is 1.31. The van der Waals surface area contributed by atoms with Crippen molar-refractivity contribution in [2.24, 2.45) is 17.8 Å². The van der Waals surface area contributed by atoms with Crippen LogP contribution in [0.3, 0.4) is 0 Å². The fourth-order valence-corrected chi connectivity index (χ4v) is 4.88. The number of carbonyl (C=O) groups excluding carboxylic acids is 4. The van der Waals surface area contributed by atoms with Gasteiger partial charge >= 0.3 is 5.97 Å². The molecule has 2 aliphatic rings. The third kappa shape index (κ3) is 5.87. The smallest absolute Gasteiger partial charge is 0.338 e. The molecule has 0 aliphatic heterocycles. The lowest BCUT2D eigenvalue weighted by molar-refractivity contribution is 0.0598. The molecule has 2 saturated carbocycles. The molecule has 0 amide bonds. The molecule has 2 aromatic carbocycles. The zero-order chi connectivity index (χ0) is 24.9. The van der Waals surface area contributed by atoms with Crippen LogP contribution in [0.2, 0.25) is 0 Å². The molecule has 4 rings (SSSR count). The average molecular weight is 477 g/mol. The normalized spacial score (nSPS) is 22.2. The number of hydrogen-bond donors (Lipinski definition) is 0. The van der Waals surface area contributed by atoms with E-state index in [0.29, 0.717) is 58.7 Å². The van der Waals surface area contributed by atoms with Crippen LogP contribution in [-0.2, 0) is 4.74 Å². The van der Waals surface area contributed by atoms with E-state index >= 15 is 0 Å². The first-order valence-electron chi connectivity index (χ1n) is 12.4. The molecular formula is C29H32O6. The van der Waals surface area contributed by atoms with Crippen LogP contribution in [0.15, 0.2) is 36.4 Å². The summed E-state index contributed by atoms with van der Waals surface area (Å²) in [5.74, 6) is 1.66. The first-order valence-corrected chi connectivity index (χ1v) is 12.4. The number of esters is 1. The van der Waals surface area contributed by atoms with Crippen molar-refractivity contribution < 1.29 is 28.7 Å². The predicted octanol–water partition coefficient (Wildman–Crippen LogP) is 5.68. The van der Waals surface area contributed by atoms with Crippen molar-refractivity contribution in [3.8, 4) is 5.75 Å². The number of benzene rings is 2. The number of ketones is 1. The molecule has 35 heavy (non-hydrogen) atoms. The minimum atomic E-state index is -0.492. The molecule has 0 aromatic heterocycles. The molecule has 6 heteroatoms. The van der Waals surface area contributed by atoms with E-state index < -0.39 is 5.97 Å². The van der Waals surface area contributed by atoms with E-state index in [1.54, 1.807) is 24.3 Å². The number of unbranched alkanes of at least 4 members (excludes halogenated alkanes) is 2. The summed E-state index contributed by atoms with van der Waals surface area (Å²) in [4.78, 5) is 47.1. The molecule has 2 fully saturated rings. The molecule has 0 bridgehead atoms. The number of rotatable bonds is 13. The van der Waals surface area contributed by atoms with Crippen LogP contribution < -0.4 is 4.74 Å². The van der Waals surface area contributed by atoms with Crippen molar-refractivity contribution >= 4 is 24.3 Å². The molecule has 2 aromatic rings. The van der Waals surface area contributed by atoms with E-state index in [2.05, 4.69) is 6.92 Å². The van der Waals surface area contributed by atoms with Crippen molar-refractivity contribution in [3.63, 3.8) is 0 Å². The predicted molar refractivity (Wildman–Crippen MR) is 131 cm³/mol. The SMILES string of the molecule is COC(=O)c1ccc(C2CC2CCCCCOc2ccc(C=O)c(C(=O)C3CC3C)c2)cc1C=O. The number of ether oxygens (including phenoxy) is 2.